The number of hydrogen-bond donors (Lipinski definition) is 1. The maximum atomic E-state index is 13.5. The van der Waals surface area contributed by atoms with Crippen molar-refractivity contribution in [1.29, 1.82) is 0 Å². The zero-order valence-corrected chi connectivity index (χ0v) is 20.3. The largest absolute Gasteiger partial charge is 0.493 e. The van der Waals surface area contributed by atoms with E-state index in [0.717, 1.165) is 16.9 Å². The van der Waals surface area contributed by atoms with E-state index in [4.69, 9.17) is 18.9 Å². The molecule has 1 aliphatic carbocycles. The van der Waals surface area contributed by atoms with E-state index >= 15 is 0 Å². The average molecular weight is 466 g/mol. The topological polar surface area (TPSA) is 83.1 Å². The maximum absolute atomic E-state index is 13.5. The number of carbonyl (C=O) groups excluding carboxylic acids is 2. The van der Waals surface area contributed by atoms with Crippen LogP contribution in [0.1, 0.15) is 56.1 Å². The molecule has 2 atom stereocenters. The van der Waals surface area contributed by atoms with Crippen LogP contribution in [-0.4, -0.2) is 39.1 Å². The van der Waals surface area contributed by atoms with Gasteiger partial charge in [-0.3, -0.25) is 9.59 Å². The van der Waals surface area contributed by atoms with E-state index < -0.39 is 5.92 Å². The Balaban J connectivity index is 1.69. The Kier molecular flexibility index (Phi) is 6.82. The van der Waals surface area contributed by atoms with E-state index in [-0.39, 0.29) is 30.1 Å². The molecule has 34 heavy (non-hydrogen) atoms. The van der Waals surface area contributed by atoms with Gasteiger partial charge in [0.2, 0.25) is 11.7 Å². The molecule has 1 amide bonds. The van der Waals surface area contributed by atoms with Crippen LogP contribution in [-0.2, 0) is 9.59 Å². The molecule has 2 aromatic carbocycles. The Morgan fingerprint density at radius 3 is 2.18 bits per heavy atom. The van der Waals surface area contributed by atoms with Crippen LogP contribution in [0.4, 0.5) is 0 Å². The number of ether oxygens (including phenoxy) is 4. The summed E-state index contributed by atoms with van der Waals surface area (Å²) in [4.78, 5) is 26.2. The molecule has 0 unspecified atom stereocenters. The SMILES string of the molecule is COc1ccc([C@H]2CC(=O)NC3=C2C(=O)C[C@@H](c2ccc(OC(C)C)cc2)C3)c(OC)c1OC. The molecule has 0 saturated carbocycles. The summed E-state index contributed by atoms with van der Waals surface area (Å²) in [7, 11) is 4.64. The minimum absolute atomic E-state index is 0.00861. The van der Waals surface area contributed by atoms with Crippen molar-refractivity contribution in [3.05, 3.63) is 58.8 Å². The third-order valence-electron chi connectivity index (χ3n) is 6.37. The fraction of sp³-hybridized carbons (Fsp3) is 0.407. The second kappa shape index (κ2) is 9.79. The molecule has 180 valence electrons. The van der Waals surface area contributed by atoms with E-state index in [0.29, 0.717) is 41.4 Å². The first-order chi connectivity index (χ1) is 16.4. The molecule has 0 aromatic heterocycles. The van der Waals surface area contributed by atoms with Crippen LogP contribution in [0.2, 0.25) is 0 Å². The number of rotatable bonds is 7. The molecule has 1 N–H and O–H groups in total. The van der Waals surface area contributed by atoms with Crippen LogP contribution < -0.4 is 24.3 Å². The molecule has 4 rings (SSSR count). The third kappa shape index (κ3) is 4.47. The van der Waals surface area contributed by atoms with E-state index in [1.54, 1.807) is 20.3 Å². The lowest BCUT2D eigenvalue weighted by molar-refractivity contribution is -0.122. The highest BCUT2D eigenvalue weighted by Crippen LogP contribution is 2.49. The van der Waals surface area contributed by atoms with Crippen molar-refractivity contribution in [1.82, 2.24) is 5.32 Å². The average Bonchev–Trinajstić information content (AvgIpc) is 2.82. The molecule has 1 aliphatic heterocycles. The van der Waals surface area contributed by atoms with Gasteiger partial charge >= 0.3 is 0 Å². The number of ketones is 1. The number of benzene rings is 2. The third-order valence-corrected chi connectivity index (χ3v) is 6.37. The molecule has 0 fully saturated rings. The Morgan fingerprint density at radius 1 is 0.853 bits per heavy atom. The van der Waals surface area contributed by atoms with Gasteiger partial charge in [-0.15, -0.1) is 0 Å². The standard InChI is InChI=1S/C27H31NO6/c1-15(2)34-18-8-6-16(7-9-18)17-12-21-25(22(29)13-17)20(14-24(30)28-21)19-10-11-23(31-3)27(33-5)26(19)32-4/h6-11,15,17,20H,12-14H2,1-5H3,(H,28,30)/t17-,20+/m0/s1. The highest BCUT2D eigenvalue weighted by molar-refractivity contribution is 6.02. The van der Waals surface area contributed by atoms with Gasteiger partial charge in [0.05, 0.1) is 27.4 Å². The van der Waals surface area contributed by atoms with Crippen molar-refractivity contribution in [3.8, 4) is 23.0 Å². The van der Waals surface area contributed by atoms with Gasteiger partial charge in [-0.05, 0) is 49.9 Å². The van der Waals surface area contributed by atoms with Crippen molar-refractivity contribution in [2.75, 3.05) is 21.3 Å². The minimum Gasteiger partial charge on any atom is -0.493 e. The Morgan fingerprint density at radius 2 is 1.56 bits per heavy atom. The second-order valence-electron chi connectivity index (χ2n) is 8.88. The zero-order valence-electron chi connectivity index (χ0n) is 20.3. The molecule has 2 aliphatic rings. The Labute approximate surface area is 200 Å². The second-order valence-corrected chi connectivity index (χ2v) is 8.88. The van der Waals surface area contributed by atoms with Crippen LogP contribution in [0.15, 0.2) is 47.7 Å². The number of Topliss-reactive ketones (excluding diaryl/α,β-unsaturated/α-hetero) is 1. The fourth-order valence-corrected chi connectivity index (χ4v) is 4.95. The molecule has 1 heterocycles. The van der Waals surface area contributed by atoms with E-state index in [1.807, 2.05) is 44.2 Å². The monoisotopic (exact) mass is 465 g/mol. The minimum atomic E-state index is -0.409. The number of allylic oxidation sites excluding steroid dienone is 2. The lowest BCUT2D eigenvalue weighted by atomic mass is 9.73. The predicted molar refractivity (Wildman–Crippen MR) is 128 cm³/mol. The summed E-state index contributed by atoms with van der Waals surface area (Å²) in [5.74, 6) is 1.75. The van der Waals surface area contributed by atoms with Gasteiger partial charge in [-0.1, -0.05) is 18.2 Å². The summed E-state index contributed by atoms with van der Waals surface area (Å²) < 4.78 is 22.3. The smallest absolute Gasteiger partial charge is 0.225 e. The van der Waals surface area contributed by atoms with Crippen molar-refractivity contribution >= 4 is 11.7 Å². The van der Waals surface area contributed by atoms with Crippen LogP contribution in [0.25, 0.3) is 0 Å². The summed E-state index contributed by atoms with van der Waals surface area (Å²) in [5, 5.41) is 2.97. The van der Waals surface area contributed by atoms with Crippen molar-refractivity contribution < 1.29 is 28.5 Å². The number of amides is 1. The number of carbonyl (C=O) groups is 2. The highest BCUT2D eigenvalue weighted by atomic mass is 16.5. The van der Waals surface area contributed by atoms with E-state index in [2.05, 4.69) is 5.32 Å². The van der Waals surface area contributed by atoms with Gasteiger partial charge in [0.25, 0.3) is 0 Å². The van der Waals surface area contributed by atoms with Crippen molar-refractivity contribution in [2.24, 2.45) is 0 Å². The molecule has 0 saturated heterocycles. The summed E-state index contributed by atoms with van der Waals surface area (Å²) in [6, 6.07) is 11.5. The first-order valence-corrected chi connectivity index (χ1v) is 11.5. The zero-order chi connectivity index (χ0) is 24.4. The quantitative estimate of drug-likeness (QED) is 0.648. The van der Waals surface area contributed by atoms with Gasteiger partial charge in [0, 0.05) is 35.6 Å². The fourth-order valence-electron chi connectivity index (χ4n) is 4.95. The van der Waals surface area contributed by atoms with Crippen molar-refractivity contribution in [2.45, 2.75) is 51.0 Å². The maximum Gasteiger partial charge on any atom is 0.225 e. The normalized spacial score (nSPS) is 20.1. The van der Waals surface area contributed by atoms with E-state index in [9.17, 15) is 9.59 Å². The molecule has 7 heteroatoms. The summed E-state index contributed by atoms with van der Waals surface area (Å²) in [5.41, 5.74) is 3.14. The van der Waals surface area contributed by atoms with Gasteiger partial charge in [-0.25, -0.2) is 0 Å². The molecular weight excluding hydrogens is 434 g/mol. The van der Waals surface area contributed by atoms with E-state index in [1.165, 1.54) is 7.11 Å². The lowest BCUT2D eigenvalue weighted by Gasteiger charge is -2.35. The predicted octanol–water partition coefficient (Wildman–Crippen LogP) is 4.50. The summed E-state index contributed by atoms with van der Waals surface area (Å²) in [6.07, 6.45) is 1.23. The van der Waals surface area contributed by atoms with Gasteiger partial charge < -0.3 is 24.3 Å². The van der Waals surface area contributed by atoms with Crippen LogP contribution >= 0.6 is 0 Å². The number of nitrogens with one attached hydrogen (secondary N) is 1. The van der Waals surface area contributed by atoms with Gasteiger partial charge in [-0.2, -0.15) is 0 Å². The molecule has 0 bridgehead atoms. The van der Waals surface area contributed by atoms with Crippen molar-refractivity contribution in [3.63, 3.8) is 0 Å². The summed E-state index contributed by atoms with van der Waals surface area (Å²) >= 11 is 0. The van der Waals surface area contributed by atoms with Crippen LogP contribution in [0, 0.1) is 0 Å². The van der Waals surface area contributed by atoms with Crippen LogP contribution in [0.5, 0.6) is 23.0 Å². The lowest BCUT2D eigenvalue weighted by Crippen LogP contribution is -2.38. The highest BCUT2D eigenvalue weighted by Gasteiger charge is 2.40. The Bertz CT molecular complexity index is 1120. The molecule has 0 radical (unpaired) electrons. The van der Waals surface area contributed by atoms with Crippen LogP contribution in [0.3, 0.4) is 0 Å². The Hall–Kier alpha value is -3.48. The number of methoxy groups -OCH3 is 3. The van der Waals surface area contributed by atoms with Gasteiger partial charge in [0.15, 0.2) is 17.3 Å². The molecule has 0 spiro atoms. The van der Waals surface area contributed by atoms with Gasteiger partial charge in [0.1, 0.15) is 5.75 Å². The molecule has 7 nitrogen and oxygen atoms in total. The first-order valence-electron chi connectivity index (χ1n) is 11.5. The number of hydrogen-bond acceptors (Lipinski definition) is 6. The molecular formula is C27H31NO6. The summed E-state index contributed by atoms with van der Waals surface area (Å²) in [6.45, 7) is 3.97. The molecule has 2 aromatic rings. The first kappa shape index (κ1) is 23.7.